The number of benzene rings is 3. The van der Waals surface area contributed by atoms with Crippen LogP contribution in [0.5, 0.6) is 0 Å². The van der Waals surface area contributed by atoms with Crippen LogP contribution in [-0.2, 0) is 70.5 Å². The van der Waals surface area contributed by atoms with Gasteiger partial charge in [-0.2, -0.15) is 14.0 Å². The van der Waals surface area contributed by atoms with Crippen LogP contribution in [0.3, 0.4) is 0 Å². The van der Waals surface area contributed by atoms with Crippen LogP contribution in [0.2, 0.25) is 0 Å². The Labute approximate surface area is 597 Å². The van der Waals surface area contributed by atoms with Crippen LogP contribution >= 0.6 is 0 Å². The number of rotatable bonds is 42. The van der Waals surface area contributed by atoms with Crippen LogP contribution < -0.4 is 53.2 Å². The number of aliphatic carboxylic acids is 7. The Hall–Kier alpha value is -12.8. The van der Waals surface area contributed by atoms with Crippen LogP contribution in [0.25, 0.3) is 10.8 Å². The second-order valence-electron chi connectivity index (χ2n) is 23.1. The molecule has 0 saturated carbocycles. The van der Waals surface area contributed by atoms with Gasteiger partial charge in [0.05, 0.1) is 11.1 Å². The van der Waals surface area contributed by atoms with Gasteiger partial charge in [-0.3, -0.25) is 52.9 Å². The number of aromatic nitrogens is 2. The molecule has 37 heteroatoms. The first-order valence-corrected chi connectivity index (χ1v) is 32.4. The fourth-order valence-corrected chi connectivity index (χ4v) is 9.47. The van der Waals surface area contributed by atoms with E-state index in [1.165, 1.54) is 42.6 Å². The number of amides is 10. The van der Waals surface area contributed by atoms with Gasteiger partial charge in [0.1, 0.15) is 36.3 Å². The third kappa shape index (κ3) is 34.9. The zero-order valence-electron chi connectivity index (χ0n) is 56.6. The standard InChI is InChI=1S/C50H58N8O16.C17H23FN4O6.CO2/c1-28-9-13-34(27-52-28)44(66)54-36(18-21-41(61)62)47(69)55-35(17-20-40(59)60)45(67)53-26-29-10-15-32(16-11-29)43(65)56-39(25-30-12-14-31-6-2-3-7-33(31)24-30)46(68)51-23-5-4-8-37(48(70)71)57-50(74)58-38(49(72)73)19-22-42(63)64;18-13-7-6-11(10-21-13)15(25)19-8-2-1-4-12(16(26)27)22-17(28)20-9-3-5-14(23)24;2-1-3/h2-3,6-7,9-16,24,27,35-39H,4-5,8,17-23,25-26H2,1H3,(H,51,68)(H,53,67)(H,54,66)(H,55,69)(H,56,65)(H,59,60)(H,61,62)(H,63,64)(H,70,71)(H,72,73)(H2,57,58,74);6-7,10,12H,1-5,8-9H2,(H,19,25)(H,23,24)(H,26,27)(H2,20,22,28);/t35?,36?,37?,38-,39?;12-;/m00./s1/i;18-1;. The molecule has 564 valence electrons. The second-order valence-corrected chi connectivity index (χ2v) is 23.1. The van der Waals surface area contributed by atoms with Crippen molar-refractivity contribution in [2.45, 2.75) is 146 Å². The van der Waals surface area contributed by atoms with E-state index in [0.29, 0.717) is 24.1 Å². The summed E-state index contributed by atoms with van der Waals surface area (Å²) >= 11 is 0. The maximum absolute atomic E-state index is 13.7. The summed E-state index contributed by atoms with van der Waals surface area (Å²) in [7, 11) is 0. The summed E-state index contributed by atoms with van der Waals surface area (Å²) in [6, 6.07) is 14.5. The molecule has 0 fully saturated rings. The number of carboxylic acids is 7. The Balaban J connectivity index is 0.000000767. The molecule has 105 heavy (non-hydrogen) atoms. The minimum absolute atomic E-state index is 0.0345. The molecule has 2 heterocycles. The number of halogens is 1. The van der Waals surface area contributed by atoms with Gasteiger partial charge in [-0.15, -0.1) is 0 Å². The molecule has 10 amide bonds. The smallest absolute Gasteiger partial charge is 0.373 e. The highest BCUT2D eigenvalue weighted by molar-refractivity contribution is 5.99. The van der Waals surface area contributed by atoms with Crippen molar-refractivity contribution >= 4 is 106 Å². The summed E-state index contributed by atoms with van der Waals surface area (Å²) in [6.07, 6.45) is 1.45. The third-order valence-electron chi connectivity index (χ3n) is 15.0. The molecule has 3 aromatic carbocycles. The molecule has 2 aromatic heterocycles. The highest BCUT2D eigenvalue weighted by atomic mass is 18.2. The summed E-state index contributed by atoms with van der Waals surface area (Å²) in [4.78, 5) is 205. The molecule has 4 unspecified atom stereocenters. The maximum Gasteiger partial charge on any atom is 0.373 e. The van der Waals surface area contributed by atoms with Crippen molar-refractivity contribution in [2.75, 3.05) is 19.6 Å². The number of fused-ring (bicyclic) bond motifs is 1. The molecule has 6 atom stereocenters. The van der Waals surface area contributed by atoms with Gasteiger partial charge in [-0.1, -0.05) is 54.6 Å². The molecule has 0 radical (unpaired) electrons. The number of hydrogen-bond donors (Lipinski definition) is 17. The van der Waals surface area contributed by atoms with E-state index < -0.39 is 157 Å². The zero-order chi connectivity index (χ0) is 78.0. The van der Waals surface area contributed by atoms with E-state index in [-0.39, 0.29) is 107 Å². The lowest BCUT2D eigenvalue weighted by atomic mass is 10.0. The second kappa shape index (κ2) is 46.6. The Morgan fingerprint density at radius 3 is 1.38 bits per heavy atom. The predicted octanol–water partition coefficient (Wildman–Crippen LogP) is 2.02. The fraction of sp³-hybridized carbons (Fsp3) is 0.382. The van der Waals surface area contributed by atoms with E-state index >= 15 is 0 Å². The molecule has 0 spiro atoms. The lowest BCUT2D eigenvalue weighted by Crippen LogP contribution is -2.53. The number of unbranched alkanes of at least 4 members (excludes halogenated alkanes) is 2. The summed E-state index contributed by atoms with van der Waals surface area (Å²) in [5.41, 5.74) is 2.25. The lowest BCUT2D eigenvalue weighted by molar-refractivity contribution is -0.192. The van der Waals surface area contributed by atoms with Crippen molar-refractivity contribution in [3.05, 3.63) is 143 Å². The number of pyridine rings is 2. The van der Waals surface area contributed by atoms with Crippen molar-refractivity contribution in [3.63, 3.8) is 0 Å². The SMILES string of the molecule is Cc1ccc(C(=O)NC(CCC(=O)O)C(=O)NC(CCC(=O)O)C(=O)NCc2ccc(C(=O)NC(Cc3ccc4ccccc4c3)C(=O)NCCCCC(NC(=O)N[C@@H](CCC(=O)O)C(=O)O)C(=O)O)cc2)cn1.O=C(O)CCCNC(=O)N[C@@H](CCCCNC(=O)c1ccc([18F])nc1)C(=O)O.O=C=O. The Kier molecular flexibility index (Phi) is 38.3. The molecule has 0 bridgehead atoms. The van der Waals surface area contributed by atoms with Crippen molar-refractivity contribution in [2.24, 2.45) is 0 Å². The monoisotopic (exact) mass is 1470 g/mol. The van der Waals surface area contributed by atoms with Gasteiger partial charge < -0.3 is 88.9 Å². The van der Waals surface area contributed by atoms with Gasteiger partial charge in [0.25, 0.3) is 17.7 Å². The topological polar surface area (TPSA) is 578 Å². The van der Waals surface area contributed by atoms with E-state index in [1.807, 2.05) is 42.5 Å². The Bertz CT molecular complexity index is 3860. The van der Waals surface area contributed by atoms with Crippen LogP contribution in [0.1, 0.15) is 138 Å². The first-order chi connectivity index (χ1) is 49.9. The third-order valence-corrected chi connectivity index (χ3v) is 15.0. The van der Waals surface area contributed by atoms with E-state index in [2.05, 4.69) is 63.1 Å². The van der Waals surface area contributed by atoms with Gasteiger partial charge in [0.2, 0.25) is 23.7 Å². The molecule has 0 aliphatic heterocycles. The van der Waals surface area contributed by atoms with Crippen molar-refractivity contribution < 1.29 is 122 Å². The van der Waals surface area contributed by atoms with E-state index in [4.69, 9.17) is 24.9 Å². The van der Waals surface area contributed by atoms with Crippen molar-refractivity contribution in [3.8, 4) is 0 Å². The Morgan fingerprint density at radius 1 is 0.400 bits per heavy atom. The van der Waals surface area contributed by atoms with Gasteiger partial charge in [-0.25, -0.2) is 29.0 Å². The van der Waals surface area contributed by atoms with Crippen LogP contribution in [0.15, 0.2) is 103 Å². The van der Waals surface area contributed by atoms with Crippen molar-refractivity contribution in [1.82, 2.24) is 63.1 Å². The summed E-state index contributed by atoms with van der Waals surface area (Å²) in [5.74, 6) is -13.6. The minimum atomic E-state index is -1.58. The number of aryl methyl sites for hydroxylation is 1. The largest absolute Gasteiger partial charge is 0.481 e. The van der Waals surface area contributed by atoms with Gasteiger partial charge in [0, 0.05) is 81.9 Å². The quantitative estimate of drug-likeness (QED) is 0.0196. The summed E-state index contributed by atoms with van der Waals surface area (Å²) in [6.45, 7) is 1.99. The normalized spacial score (nSPS) is 12.1. The zero-order valence-corrected chi connectivity index (χ0v) is 56.6. The first-order valence-electron chi connectivity index (χ1n) is 32.4. The number of carbonyl (C=O) groups excluding carboxylic acids is 10. The average molecular weight is 1470 g/mol. The fourth-order valence-electron chi connectivity index (χ4n) is 9.47. The molecular weight excluding hydrogens is 1390 g/mol. The van der Waals surface area contributed by atoms with Crippen LogP contribution in [0.4, 0.5) is 14.0 Å². The Morgan fingerprint density at radius 2 is 0.848 bits per heavy atom. The highest BCUT2D eigenvalue weighted by Gasteiger charge is 2.30. The summed E-state index contributed by atoms with van der Waals surface area (Å²) in [5, 5.41) is 90.5. The average Bonchev–Trinajstić information content (AvgIpc) is 0.831. The maximum atomic E-state index is 13.7. The lowest BCUT2D eigenvalue weighted by Gasteiger charge is -2.23. The number of carboxylic acid groups (broad SMARTS) is 7. The molecule has 36 nitrogen and oxygen atoms in total. The van der Waals surface area contributed by atoms with E-state index in [9.17, 15) is 96.7 Å². The number of hydrogen-bond acceptors (Lipinski definition) is 19. The van der Waals surface area contributed by atoms with E-state index in [1.54, 1.807) is 13.0 Å². The van der Waals surface area contributed by atoms with E-state index in [0.717, 1.165) is 28.6 Å². The molecule has 17 N–H and O–H groups in total. The number of urea groups is 2. The highest BCUT2D eigenvalue weighted by Crippen LogP contribution is 2.18. The van der Waals surface area contributed by atoms with Crippen LogP contribution in [-0.4, -0.2) is 197 Å². The molecule has 0 saturated heterocycles. The number of nitrogens with one attached hydrogen (secondary N) is 10. The molecule has 5 aromatic rings. The van der Waals surface area contributed by atoms with Crippen molar-refractivity contribution in [1.29, 1.82) is 0 Å². The van der Waals surface area contributed by atoms with Gasteiger partial charge in [-0.05, 0) is 129 Å². The van der Waals surface area contributed by atoms with Crippen LogP contribution in [0, 0.1) is 12.9 Å². The minimum Gasteiger partial charge on any atom is -0.481 e. The number of nitrogens with zero attached hydrogens (tertiary/aromatic N) is 2. The molecule has 0 aliphatic rings. The first kappa shape index (κ1) is 86.4. The molecule has 5 rings (SSSR count). The summed E-state index contributed by atoms with van der Waals surface area (Å²) < 4.78 is 12.7. The number of carbonyl (C=O) groups is 15. The van der Waals surface area contributed by atoms with Gasteiger partial charge >= 0.3 is 60.0 Å². The predicted molar refractivity (Wildman–Crippen MR) is 362 cm³/mol. The molecular formula is C68H81FN12O24. The molecule has 0 aliphatic carbocycles. The van der Waals surface area contributed by atoms with Gasteiger partial charge in [0.15, 0.2) is 0 Å².